The number of nitrogens with zero attached hydrogens (tertiary/aromatic N) is 2. The Morgan fingerprint density at radius 1 is 0.193 bits per heavy atom. The Kier molecular flexibility index (Phi) is 16.2. The second-order valence-corrected chi connectivity index (χ2v) is 31.4. The lowest BCUT2D eigenvalue weighted by molar-refractivity contribution is 0.660. The first kappa shape index (κ1) is 67.8. The lowest BCUT2D eigenvalue weighted by Gasteiger charge is -2.28. The van der Waals surface area contributed by atoms with E-state index in [-0.39, 0.29) is 10.8 Å². The number of furan rings is 2. The lowest BCUT2D eigenvalue weighted by Crippen LogP contribution is -2.16. The zero-order valence-electron chi connectivity index (χ0n) is 63.8. The monoisotopic (exact) mass is 1460 g/mol. The molecule has 22 rings (SSSR count). The summed E-state index contributed by atoms with van der Waals surface area (Å²) in [6, 6.07) is 145. The van der Waals surface area contributed by atoms with Crippen molar-refractivity contribution in [3.05, 3.63) is 423 Å². The summed E-state index contributed by atoms with van der Waals surface area (Å²) < 4.78 is 12.9. The third-order valence-electron chi connectivity index (χ3n) is 24.2. The zero-order valence-corrected chi connectivity index (χ0v) is 63.8. The van der Waals surface area contributed by atoms with Crippen molar-refractivity contribution in [1.29, 1.82) is 0 Å². The van der Waals surface area contributed by atoms with Crippen molar-refractivity contribution < 1.29 is 8.83 Å². The smallest absolute Gasteiger partial charge is 0.143 e. The predicted octanol–water partition coefficient (Wildman–Crippen LogP) is 31.0. The Bertz CT molecular complexity index is 7110. The quantitative estimate of drug-likeness (QED) is 0.114. The molecule has 540 valence electrons. The largest absolute Gasteiger partial charge is 0.455 e. The molecule has 0 saturated heterocycles. The van der Waals surface area contributed by atoms with Crippen LogP contribution in [0, 0.1) is 0 Å². The summed E-state index contributed by atoms with van der Waals surface area (Å²) in [5, 5.41) is 9.47. The second kappa shape index (κ2) is 27.3. The van der Waals surface area contributed by atoms with Crippen LogP contribution in [0.2, 0.25) is 0 Å². The number of hydrogen-bond donors (Lipinski definition) is 0. The van der Waals surface area contributed by atoms with E-state index < -0.39 is 0 Å². The van der Waals surface area contributed by atoms with E-state index in [0.717, 1.165) is 100 Å². The van der Waals surface area contributed by atoms with Gasteiger partial charge in [-0.05, 0) is 207 Å². The van der Waals surface area contributed by atoms with E-state index in [4.69, 9.17) is 8.83 Å². The third kappa shape index (κ3) is 11.5. The van der Waals surface area contributed by atoms with E-state index in [2.05, 4.69) is 414 Å². The number of rotatable bonds is 12. The Balaban J connectivity index is 0.000000145. The fraction of sp³-hybridized carbons (Fsp3) is 0.0545. The molecule has 0 radical (unpaired) electrons. The van der Waals surface area contributed by atoms with Gasteiger partial charge in [0.2, 0.25) is 0 Å². The number of benzene rings is 18. The summed E-state index contributed by atoms with van der Waals surface area (Å²) in [5.74, 6) is 0. The summed E-state index contributed by atoms with van der Waals surface area (Å²) in [6.45, 7) is 9.45. The second-order valence-electron chi connectivity index (χ2n) is 31.4. The van der Waals surface area contributed by atoms with Crippen molar-refractivity contribution in [3.63, 3.8) is 0 Å². The van der Waals surface area contributed by atoms with Crippen LogP contribution >= 0.6 is 0 Å². The van der Waals surface area contributed by atoms with Crippen LogP contribution in [0.25, 0.3) is 154 Å². The van der Waals surface area contributed by atoms with Gasteiger partial charge in [0.25, 0.3) is 0 Å². The molecule has 2 aromatic heterocycles. The molecule has 0 bridgehead atoms. The Morgan fingerprint density at radius 3 is 1.04 bits per heavy atom. The first-order valence-electron chi connectivity index (χ1n) is 39.5. The molecule has 20 aromatic rings. The molecule has 18 aromatic carbocycles. The van der Waals surface area contributed by atoms with Crippen LogP contribution in [0.1, 0.15) is 49.9 Å². The average molecular weight is 1460 g/mol. The highest BCUT2D eigenvalue weighted by Gasteiger charge is 2.38. The maximum absolute atomic E-state index is 6.46. The molecule has 0 N–H and O–H groups in total. The van der Waals surface area contributed by atoms with Crippen molar-refractivity contribution in [3.8, 4) is 89.0 Å². The van der Waals surface area contributed by atoms with Gasteiger partial charge in [-0.3, -0.25) is 0 Å². The van der Waals surface area contributed by atoms with Gasteiger partial charge < -0.3 is 18.6 Å². The lowest BCUT2D eigenvalue weighted by atomic mass is 9.81. The van der Waals surface area contributed by atoms with Crippen LogP contribution in [0.4, 0.5) is 34.1 Å². The van der Waals surface area contributed by atoms with Crippen molar-refractivity contribution in [2.75, 3.05) is 9.80 Å². The number of fused-ring (bicyclic) bond motifs is 15. The van der Waals surface area contributed by atoms with Crippen LogP contribution in [0.3, 0.4) is 0 Å². The minimum absolute atomic E-state index is 0.0507. The van der Waals surface area contributed by atoms with E-state index in [1.54, 1.807) is 0 Å². The molecule has 4 nitrogen and oxygen atoms in total. The van der Waals surface area contributed by atoms with Gasteiger partial charge in [0.15, 0.2) is 0 Å². The van der Waals surface area contributed by atoms with E-state index in [9.17, 15) is 0 Å². The summed E-state index contributed by atoms with van der Waals surface area (Å²) in [7, 11) is 0. The predicted molar refractivity (Wildman–Crippen MR) is 480 cm³/mol. The average Bonchev–Trinajstić information content (AvgIpc) is 1.61. The van der Waals surface area contributed by atoms with Gasteiger partial charge in [-0.2, -0.15) is 0 Å². The van der Waals surface area contributed by atoms with Gasteiger partial charge in [-0.1, -0.05) is 337 Å². The molecule has 0 saturated carbocycles. The van der Waals surface area contributed by atoms with E-state index in [1.165, 1.54) is 111 Å². The van der Waals surface area contributed by atoms with Gasteiger partial charge in [0, 0.05) is 77.3 Å². The molecule has 4 heteroatoms. The van der Waals surface area contributed by atoms with Crippen molar-refractivity contribution in [2.24, 2.45) is 0 Å². The van der Waals surface area contributed by atoms with Gasteiger partial charge in [0.1, 0.15) is 22.3 Å². The maximum atomic E-state index is 6.46. The summed E-state index contributed by atoms with van der Waals surface area (Å²) in [4.78, 5) is 4.80. The van der Waals surface area contributed by atoms with Gasteiger partial charge >= 0.3 is 0 Å². The van der Waals surface area contributed by atoms with Crippen LogP contribution in [0.15, 0.2) is 409 Å². The maximum Gasteiger partial charge on any atom is 0.143 e. The first-order chi connectivity index (χ1) is 56.0. The fourth-order valence-corrected chi connectivity index (χ4v) is 18.3. The van der Waals surface area contributed by atoms with E-state index in [0.29, 0.717) is 0 Å². The molecular formula is C110H78N2O2. The molecule has 0 aliphatic heterocycles. The fourth-order valence-electron chi connectivity index (χ4n) is 18.3. The molecule has 2 heterocycles. The normalized spacial score (nSPS) is 12.9. The van der Waals surface area contributed by atoms with Crippen molar-refractivity contribution >= 4 is 99.5 Å². The number of hydrogen-bond acceptors (Lipinski definition) is 4. The topological polar surface area (TPSA) is 32.8 Å². The highest BCUT2D eigenvalue weighted by molar-refractivity contribution is 6.15. The van der Waals surface area contributed by atoms with Crippen LogP contribution in [-0.2, 0) is 10.8 Å². The minimum atomic E-state index is -0.183. The molecule has 0 spiro atoms. The Morgan fingerprint density at radius 2 is 0.518 bits per heavy atom. The van der Waals surface area contributed by atoms with Crippen molar-refractivity contribution in [1.82, 2.24) is 0 Å². The van der Waals surface area contributed by atoms with E-state index >= 15 is 0 Å². The first-order valence-corrected chi connectivity index (χ1v) is 39.5. The SMILES string of the molecule is CC1(C)c2ccccc2-c2ccc(-c3ccc(N(c4ccc(-c5cccc6c5oc5ccccc56)cc4)c4ccc5c(c4)C(C)(C)c4cc(-c6ccccc6)ccc4-5)cc3)cc21.c1ccc(-c2ccc(-c3ccc(N(c4ccc(-c5cccc6c5oc5ccccc56)cc4)c4cc5ccccc5c5ccccc45)cc3)cc2)cc1. The molecule has 0 amide bonds. The molecule has 0 atom stereocenters. The van der Waals surface area contributed by atoms with Crippen LogP contribution in [0.5, 0.6) is 0 Å². The summed E-state index contributed by atoms with van der Waals surface area (Å²) >= 11 is 0. The number of para-hydroxylation sites is 4. The van der Waals surface area contributed by atoms with Gasteiger partial charge in [-0.15, -0.1) is 0 Å². The van der Waals surface area contributed by atoms with E-state index in [1.807, 2.05) is 24.3 Å². The zero-order chi connectivity index (χ0) is 76.2. The van der Waals surface area contributed by atoms with Crippen LogP contribution in [-0.4, -0.2) is 0 Å². The molecule has 2 aliphatic carbocycles. The summed E-state index contributed by atoms with van der Waals surface area (Å²) in [6.07, 6.45) is 0. The molecule has 0 fully saturated rings. The van der Waals surface area contributed by atoms with Crippen molar-refractivity contribution in [2.45, 2.75) is 38.5 Å². The minimum Gasteiger partial charge on any atom is -0.455 e. The standard InChI is InChI=1S/C60H45NO.C50H33NO/c1-59(2)53-19-10-8-15-47(53)48-32-26-42(36-54(48)59)39-21-27-43(28-22-39)61(44-29-23-40(24-30-44)46-17-12-18-52-51-16-9-11-20-57(51)62-58(46)52)45-31-34-50-49-33-25-41(38-13-6-5-7-14-38)35-55(49)60(3,4)56(50)37-45;1-2-11-34(12-3-1)35-21-23-36(24-22-35)37-25-29-40(30-26-37)51(48-33-39-13-4-5-14-42(39)44-15-6-7-16-45(44)48)41-31-27-38(28-32-41)43-18-10-19-47-46-17-8-9-20-49(46)52-50(43)47/h5-37H,1-4H3;1-33H. The highest BCUT2D eigenvalue weighted by atomic mass is 16.3. The van der Waals surface area contributed by atoms with Gasteiger partial charge in [0.05, 0.1) is 5.69 Å². The molecule has 114 heavy (non-hydrogen) atoms. The van der Waals surface area contributed by atoms with Crippen LogP contribution < -0.4 is 9.80 Å². The number of anilines is 6. The van der Waals surface area contributed by atoms with Gasteiger partial charge in [-0.25, -0.2) is 0 Å². The third-order valence-corrected chi connectivity index (χ3v) is 24.2. The molecule has 0 unspecified atom stereocenters. The highest BCUT2D eigenvalue weighted by Crippen LogP contribution is 2.54. The molecular weight excluding hydrogens is 1380 g/mol. The summed E-state index contributed by atoms with van der Waals surface area (Å²) in [5.41, 5.74) is 35.0. The Labute approximate surface area is 664 Å². The molecule has 2 aliphatic rings. The Hall–Kier alpha value is -14.3.